The van der Waals surface area contributed by atoms with Crippen molar-refractivity contribution in [3.8, 4) is 0 Å². The van der Waals surface area contributed by atoms with Crippen LogP contribution in [0.2, 0.25) is 5.02 Å². The van der Waals surface area contributed by atoms with Crippen molar-refractivity contribution in [2.45, 2.75) is 23.8 Å². The first kappa shape index (κ1) is 18.7. The molecule has 26 heavy (non-hydrogen) atoms. The van der Waals surface area contributed by atoms with E-state index in [0.29, 0.717) is 23.7 Å². The highest BCUT2D eigenvalue weighted by molar-refractivity contribution is 7.92. The number of anilines is 1. The second-order valence-corrected chi connectivity index (χ2v) is 8.38. The Bertz CT molecular complexity index is 900. The third kappa shape index (κ3) is 4.17. The standard InChI is InChI=1S/C18H20ClN3O3S/c19-13-7-9-15(10-8-13)26(24,25)21-17-6-2-1-5-16(17)18(23)22-11-3-4-14(20)12-22/h1-2,5-10,14,21H,3-4,11-12,20H2. The van der Waals surface area contributed by atoms with E-state index < -0.39 is 10.0 Å². The quantitative estimate of drug-likeness (QED) is 0.835. The van der Waals surface area contributed by atoms with Crippen LogP contribution in [0.4, 0.5) is 5.69 Å². The molecule has 0 radical (unpaired) electrons. The third-order valence-corrected chi connectivity index (χ3v) is 5.90. The SMILES string of the molecule is NC1CCCN(C(=O)c2ccccc2NS(=O)(=O)c2ccc(Cl)cc2)C1. The fourth-order valence-electron chi connectivity index (χ4n) is 2.94. The molecule has 1 unspecified atom stereocenters. The molecule has 1 amide bonds. The van der Waals surface area contributed by atoms with Crippen molar-refractivity contribution >= 4 is 33.2 Å². The van der Waals surface area contributed by atoms with E-state index in [1.807, 2.05) is 0 Å². The summed E-state index contributed by atoms with van der Waals surface area (Å²) < 4.78 is 27.7. The Labute approximate surface area is 158 Å². The lowest BCUT2D eigenvalue weighted by Gasteiger charge is -2.31. The van der Waals surface area contributed by atoms with Gasteiger partial charge in [-0.25, -0.2) is 8.42 Å². The van der Waals surface area contributed by atoms with Gasteiger partial charge in [-0.15, -0.1) is 0 Å². The zero-order valence-electron chi connectivity index (χ0n) is 14.1. The van der Waals surface area contributed by atoms with Crippen molar-refractivity contribution in [1.29, 1.82) is 0 Å². The van der Waals surface area contributed by atoms with Crippen LogP contribution < -0.4 is 10.5 Å². The highest BCUT2D eigenvalue weighted by Crippen LogP contribution is 2.23. The number of benzene rings is 2. The molecule has 0 bridgehead atoms. The molecular weight excluding hydrogens is 374 g/mol. The van der Waals surface area contributed by atoms with Gasteiger partial charge in [0.2, 0.25) is 0 Å². The Morgan fingerprint density at radius 1 is 1.15 bits per heavy atom. The molecule has 1 fully saturated rings. The number of nitrogens with two attached hydrogens (primary N) is 1. The molecule has 1 atom stereocenters. The minimum atomic E-state index is -3.83. The van der Waals surface area contributed by atoms with Crippen LogP contribution in [0.25, 0.3) is 0 Å². The van der Waals surface area contributed by atoms with E-state index >= 15 is 0 Å². The molecule has 2 aromatic rings. The summed E-state index contributed by atoms with van der Waals surface area (Å²) in [7, 11) is -3.83. The molecule has 0 saturated carbocycles. The monoisotopic (exact) mass is 393 g/mol. The molecule has 6 nitrogen and oxygen atoms in total. The zero-order valence-corrected chi connectivity index (χ0v) is 15.6. The maximum atomic E-state index is 12.9. The Morgan fingerprint density at radius 2 is 1.85 bits per heavy atom. The predicted octanol–water partition coefficient (Wildman–Crippen LogP) is 2.70. The van der Waals surface area contributed by atoms with E-state index in [0.717, 1.165) is 12.8 Å². The number of piperidine rings is 1. The van der Waals surface area contributed by atoms with Crippen molar-refractivity contribution in [1.82, 2.24) is 4.90 Å². The van der Waals surface area contributed by atoms with Gasteiger partial charge in [0.1, 0.15) is 0 Å². The van der Waals surface area contributed by atoms with Crippen LogP contribution in [0.5, 0.6) is 0 Å². The molecule has 8 heteroatoms. The van der Waals surface area contributed by atoms with Gasteiger partial charge in [-0.3, -0.25) is 9.52 Å². The molecule has 3 N–H and O–H groups in total. The average molecular weight is 394 g/mol. The lowest BCUT2D eigenvalue weighted by atomic mass is 10.0. The normalized spacial score (nSPS) is 17.8. The number of hydrogen-bond donors (Lipinski definition) is 2. The number of rotatable bonds is 4. The number of para-hydroxylation sites is 1. The molecule has 1 saturated heterocycles. The van der Waals surface area contributed by atoms with Crippen molar-refractivity contribution in [2.24, 2.45) is 5.73 Å². The first-order chi connectivity index (χ1) is 12.4. The minimum Gasteiger partial charge on any atom is -0.337 e. The first-order valence-electron chi connectivity index (χ1n) is 8.29. The summed E-state index contributed by atoms with van der Waals surface area (Å²) in [6, 6.07) is 12.4. The molecule has 0 aliphatic carbocycles. The van der Waals surface area contributed by atoms with E-state index in [1.165, 1.54) is 24.3 Å². The molecule has 1 aliphatic rings. The number of carbonyl (C=O) groups excluding carboxylic acids is 1. The summed E-state index contributed by atoms with van der Waals surface area (Å²) in [5, 5.41) is 0.445. The van der Waals surface area contributed by atoms with Crippen LogP contribution in [-0.4, -0.2) is 38.4 Å². The minimum absolute atomic E-state index is 0.0504. The highest BCUT2D eigenvalue weighted by atomic mass is 35.5. The number of nitrogens with one attached hydrogen (secondary N) is 1. The van der Waals surface area contributed by atoms with E-state index in [4.69, 9.17) is 17.3 Å². The van der Waals surface area contributed by atoms with Crippen molar-refractivity contribution < 1.29 is 13.2 Å². The van der Waals surface area contributed by atoms with Gasteiger partial charge in [0.25, 0.3) is 15.9 Å². The fourth-order valence-corrected chi connectivity index (χ4v) is 4.15. The maximum Gasteiger partial charge on any atom is 0.261 e. The fraction of sp³-hybridized carbons (Fsp3) is 0.278. The molecule has 1 aliphatic heterocycles. The molecule has 138 valence electrons. The number of carbonyl (C=O) groups is 1. The molecule has 0 spiro atoms. The summed E-state index contributed by atoms with van der Waals surface area (Å²) in [5.41, 5.74) is 6.50. The summed E-state index contributed by atoms with van der Waals surface area (Å²) >= 11 is 5.81. The second-order valence-electron chi connectivity index (χ2n) is 6.26. The van der Waals surface area contributed by atoms with Crippen LogP contribution >= 0.6 is 11.6 Å². The number of nitrogens with zero attached hydrogens (tertiary/aromatic N) is 1. The van der Waals surface area contributed by atoms with Crippen molar-refractivity contribution in [2.75, 3.05) is 17.8 Å². The van der Waals surface area contributed by atoms with Gasteiger partial charge < -0.3 is 10.6 Å². The Hall–Kier alpha value is -2.09. The van der Waals surface area contributed by atoms with Crippen molar-refractivity contribution in [3.63, 3.8) is 0 Å². The van der Waals surface area contributed by atoms with Gasteiger partial charge in [-0.2, -0.15) is 0 Å². The summed E-state index contributed by atoms with van der Waals surface area (Å²) in [6.45, 7) is 1.09. The number of amides is 1. The number of likely N-dealkylation sites (tertiary alicyclic amines) is 1. The van der Waals surface area contributed by atoms with E-state index in [-0.39, 0.29) is 22.5 Å². The van der Waals surface area contributed by atoms with Gasteiger partial charge in [0.05, 0.1) is 16.1 Å². The lowest BCUT2D eigenvalue weighted by Crippen LogP contribution is -2.45. The Balaban J connectivity index is 1.87. The molecule has 2 aromatic carbocycles. The first-order valence-corrected chi connectivity index (χ1v) is 10.2. The largest absolute Gasteiger partial charge is 0.337 e. The van der Waals surface area contributed by atoms with Gasteiger partial charge in [-0.1, -0.05) is 23.7 Å². The van der Waals surface area contributed by atoms with Crippen LogP contribution in [0.15, 0.2) is 53.4 Å². The maximum absolute atomic E-state index is 12.9. The Morgan fingerprint density at radius 3 is 2.54 bits per heavy atom. The van der Waals surface area contributed by atoms with Crippen LogP contribution in [0.1, 0.15) is 23.2 Å². The van der Waals surface area contributed by atoms with E-state index in [1.54, 1.807) is 29.2 Å². The van der Waals surface area contributed by atoms with Gasteiger partial charge in [0.15, 0.2) is 0 Å². The second kappa shape index (κ2) is 7.65. The number of hydrogen-bond acceptors (Lipinski definition) is 4. The summed E-state index contributed by atoms with van der Waals surface area (Å²) in [6.07, 6.45) is 1.72. The van der Waals surface area contributed by atoms with Crippen LogP contribution in [0.3, 0.4) is 0 Å². The molecule has 0 aromatic heterocycles. The molecule has 3 rings (SSSR count). The highest BCUT2D eigenvalue weighted by Gasteiger charge is 2.25. The summed E-state index contributed by atoms with van der Waals surface area (Å²) in [5.74, 6) is -0.227. The van der Waals surface area contributed by atoms with Crippen LogP contribution in [-0.2, 0) is 10.0 Å². The third-order valence-electron chi connectivity index (χ3n) is 4.27. The average Bonchev–Trinajstić information content (AvgIpc) is 2.62. The Kier molecular flexibility index (Phi) is 5.50. The van der Waals surface area contributed by atoms with Gasteiger partial charge >= 0.3 is 0 Å². The number of halogens is 1. The predicted molar refractivity (Wildman–Crippen MR) is 102 cm³/mol. The summed E-state index contributed by atoms with van der Waals surface area (Å²) in [4.78, 5) is 14.6. The smallest absolute Gasteiger partial charge is 0.261 e. The topological polar surface area (TPSA) is 92.5 Å². The lowest BCUT2D eigenvalue weighted by molar-refractivity contribution is 0.0710. The van der Waals surface area contributed by atoms with Crippen molar-refractivity contribution in [3.05, 3.63) is 59.1 Å². The van der Waals surface area contributed by atoms with E-state index in [2.05, 4.69) is 4.72 Å². The molecular formula is C18H20ClN3O3S. The van der Waals surface area contributed by atoms with Crippen LogP contribution in [0, 0.1) is 0 Å². The number of sulfonamides is 1. The van der Waals surface area contributed by atoms with Gasteiger partial charge in [-0.05, 0) is 49.2 Å². The van der Waals surface area contributed by atoms with E-state index in [9.17, 15) is 13.2 Å². The van der Waals surface area contributed by atoms with Gasteiger partial charge in [0, 0.05) is 24.2 Å². The zero-order chi connectivity index (χ0) is 18.7. The molecule has 1 heterocycles.